The van der Waals surface area contributed by atoms with Crippen molar-refractivity contribution in [3.05, 3.63) is 24.0 Å². The van der Waals surface area contributed by atoms with E-state index < -0.39 is 5.60 Å². The number of benzene rings is 1. The van der Waals surface area contributed by atoms with Crippen LogP contribution in [0.4, 0.5) is 5.69 Å². The van der Waals surface area contributed by atoms with Crippen molar-refractivity contribution in [2.45, 2.75) is 26.4 Å². The van der Waals surface area contributed by atoms with Crippen LogP contribution in [0.3, 0.4) is 0 Å². The molecule has 2 aromatic rings. The Labute approximate surface area is 101 Å². The van der Waals surface area contributed by atoms with E-state index in [9.17, 15) is 5.11 Å². The van der Waals surface area contributed by atoms with Gasteiger partial charge in [-0.25, -0.2) is 4.98 Å². The summed E-state index contributed by atoms with van der Waals surface area (Å²) >= 11 is 0. The Morgan fingerprint density at radius 1 is 1.41 bits per heavy atom. The molecule has 0 radical (unpaired) electrons. The maximum Gasteiger partial charge on any atom is 0.104 e. The number of hydrogen-bond acceptors (Lipinski definition) is 3. The first-order valence-corrected chi connectivity index (χ1v) is 5.75. The summed E-state index contributed by atoms with van der Waals surface area (Å²) in [5.41, 5.74) is 2.38. The van der Waals surface area contributed by atoms with Crippen LogP contribution in [0.1, 0.15) is 19.7 Å². The zero-order valence-electron chi connectivity index (χ0n) is 10.8. The summed E-state index contributed by atoms with van der Waals surface area (Å²) in [6.07, 6.45) is 0. The zero-order chi connectivity index (χ0) is 12.6. The standard InChI is InChI=1S/C13H19N3O/c1-9-14-11-6-5-10(7-12(11)15-9)16(4)8-13(2,3)17/h5-7,17H,8H2,1-4H3,(H,14,15). The van der Waals surface area contributed by atoms with E-state index in [0.29, 0.717) is 6.54 Å². The van der Waals surface area contributed by atoms with Crippen LogP contribution in [0.2, 0.25) is 0 Å². The molecule has 1 heterocycles. The van der Waals surface area contributed by atoms with Crippen molar-refractivity contribution in [3.63, 3.8) is 0 Å². The fourth-order valence-corrected chi connectivity index (χ4v) is 2.03. The van der Waals surface area contributed by atoms with E-state index in [4.69, 9.17) is 0 Å². The molecule has 0 atom stereocenters. The van der Waals surface area contributed by atoms with Gasteiger partial charge in [-0.15, -0.1) is 0 Å². The number of likely N-dealkylation sites (N-methyl/N-ethyl adjacent to an activating group) is 1. The molecule has 92 valence electrons. The number of aromatic amines is 1. The van der Waals surface area contributed by atoms with Crippen LogP contribution in [-0.4, -0.2) is 34.3 Å². The average molecular weight is 233 g/mol. The molecule has 17 heavy (non-hydrogen) atoms. The van der Waals surface area contributed by atoms with Gasteiger partial charge in [-0.2, -0.15) is 0 Å². The molecule has 0 bridgehead atoms. The summed E-state index contributed by atoms with van der Waals surface area (Å²) < 4.78 is 0. The monoisotopic (exact) mass is 233 g/mol. The molecule has 0 saturated carbocycles. The number of imidazole rings is 1. The van der Waals surface area contributed by atoms with Gasteiger partial charge in [0.25, 0.3) is 0 Å². The highest BCUT2D eigenvalue weighted by Crippen LogP contribution is 2.21. The Morgan fingerprint density at radius 3 is 2.76 bits per heavy atom. The van der Waals surface area contributed by atoms with E-state index in [1.807, 2.05) is 44.9 Å². The fourth-order valence-electron chi connectivity index (χ4n) is 2.03. The average Bonchev–Trinajstić information content (AvgIpc) is 2.53. The minimum absolute atomic E-state index is 0.589. The smallest absolute Gasteiger partial charge is 0.104 e. The summed E-state index contributed by atoms with van der Waals surface area (Å²) in [4.78, 5) is 9.62. The lowest BCUT2D eigenvalue weighted by molar-refractivity contribution is 0.0886. The predicted molar refractivity (Wildman–Crippen MR) is 70.4 cm³/mol. The van der Waals surface area contributed by atoms with Crippen LogP contribution < -0.4 is 4.90 Å². The van der Waals surface area contributed by atoms with Crippen molar-refractivity contribution in [2.75, 3.05) is 18.5 Å². The third-order valence-corrected chi connectivity index (χ3v) is 2.65. The van der Waals surface area contributed by atoms with E-state index in [0.717, 1.165) is 22.5 Å². The summed E-state index contributed by atoms with van der Waals surface area (Å²) in [7, 11) is 1.97. The number of nitrogens with one attached hydrogen (secondary N) is 1. The fraction of sp³-hybridized carbons (Fsp3) is 0.462. The van der Waals surface area contributed by atoms with Gasteiger partial charge in [-0.1, -0.05) is 0 Å². The van der Waals surface area contributed by atoms with Crippen LogP contribution in [0.15, 0.2) is 18.2 Å². The third-order valence-electron chi connectivity index (χ3n) is 2.65. The van der Waals surface area contributed by atoms with Gasteiger partial charge in [-0.05, 0) is 39.0 Å². The van der Waals surface area contributed by atoms with E-state index in [2.05, 4.69) is 16.0 Å². The minimum atomic E-state index is -0.701. The predicted octanol–water partition coefficient (Wildman–Crippen LogP) is 2.08. The molecule has 0 saturated heterocycles. The lowest BCUT2D eigenvalue weighted by Crippen LogP contribution is -2.36. The van der Waals surface area contributed by atoms with Gasteiger partial charge in [0.15, 0.2) is 0 Å². The van der Waals surface area contributed by atoms with Crippen molar-refractivity contribution in [2.24, 2.45) is 0 Å². The molecular formula is C13H19N3O. The maximum absolute atomic E-state index is 9.80. The first-order chi connectivity index (χ1) is 7.85. The number of nitrogens with zero attached hydrogens (tertiary/aromatic N) is 2. The van der Waals surface area contributed by atoms with Gasteiger partial charge in [-0.3, -0.25) is 0 Å². The molecule has 4 heteroatoms. The van der Waals surface area contributed by atoms with E-state index in [1.165, 1.54) is 0 Å². The molecule has 0 fully saturated rings. The normalized spacial score (nSPS) is 12.1. The van der Waals surface area contributed by atoms with Crippen molar-refractivity contribution in [1.82, 2.24) is 9.97 Å². The van der Waals surface area contributed by atoms with Gasteiger partial charge in [0.1, 0.15) is 5.82 Å². The molecule has 0 unspecified atom stereocenters. The Bertz CT molecular complexity index is 525. The molecule has 4 nitrogen and oxygen atoms in total. The number of aliphatic hydroxyl groups is 1. The highest BCUT2D eigenvalue weighted by atomic mass is 16.3. The molecule has 0 amide bonds. The largest absolute Gasteiger partial charge is 0.389 e. The van der Waals surface area contributed by atoms with Crippen molar-refractivity contribution in [1.29, 1.82) is 0 Å². The van der Waals surface area contributed by atoms with E-state index >= 15 is 0 Å². The molecule has 1 aromatic heterocycles. The first-order valence-electron chi connectivity index (χ1n) is 5.75. The first kappa shape index (κ1) is 11.9. The van der Waals surface area contributed by atoms with E-state index in [-0.39, 0.29) is 0 Å². The summed E-state index contributed by atoms with van der Waals surface area (Å²) in [6, 6.07) is 6.07. The Kier molecular flexibility index (Phi) is 2.83. The molecular weight excluding hydrogens is 214 g/mol. The Morgan fingerprint density at radius 2 is 2.12 bits per heavy atom. The lowest BCUT2D eigenvalue weighted by atomic mass is 10.1. The molecule has 0 aliphatic heterocycles. The van der Waals surface area contributed by atoms with Crippen LogP contribution in [-0.2, 0) is 0 Å². The second-order valence-corrected chi connectivity index (χ2v) is 5.19. The second-order valence-electron chi connectivity index (χ2n) is 5.19. The molecule has 0 spiro atoms. The van der Waals surface area contributed by atoms with E-state index in [1.54, 1.807) is 0 Å². The molecule has 0 aliphatic carbocycles. The van der Waals surface area contributed by atoms with Crippen molar-refractivity contribution in [3.8, 4) is 0 Å². The number of H-pyrrole nitrogens is 1. The maximum atomic E-state index is 9.80. The van der Waals surface area contributed by atoms with Gasteiger partial charge in [0.2, 0.25) is 0 Å². The number of fused-ring (bicyclic) bond motifs is 1. The lowest BCUT2D eigenvalue weighted by Gasteiger charge is -2.27. The summed E-state index contributed by atoms with van der Waals surface area (Å²) in [6.45, 7) is 6.15. The van der Waals surface area contributed by atoms with Gasteiger partial charge < -0.3 is 15.0 Å². The van der Waals surface area contributed by atoms with Crippen molar-refractivity contribution < 1.29 is 5.11 Å². The SMILES string of the molecule is Cc1nc2ccc(N(C)CC(C)(C)O)cc2[nH]1. The van der Waals surface area contributed by atoms with Gasteiger partial charge in [0, 0.05) is 19.3 Å². The summed E-state index contributed by atoms with van der Waals surface area (Å²) in [5.74, 6) is 0.919. The second kappa shape index (κ2) is 4.04. The van der Waals surface area contributed by atoms with Crippen LogP contribution in [0, 0.1) is 6.92 Å². The van der Waals surface area contributed by atoms with Gasteiger partial charge >= 0.3 is 0 Å². The zero-order valence-corrected chi connectivity index (χ0v) is 10.8. The van der Waals surface area contributed by atoms with Crippen LogP contribution in [0.5, 0.6) is 0 Å². The highest BCUT2D eigenvalue weighted by Gasteiger charge is 2.16. The topological polar surface area (TPSA) is 52.1 Å². The number of aryl methyl sites for hydroxylation is 1. The summed E-state index contributed by atoms with van der Waals surface area (Å²) in [5, 5.41) is 9.80. The van der Waals surface area contributed by atoms with Crippen molar-refractivity contribution >= 4 is 16.7 Å². The number of hydrogen-bond donors (Lipinski definition) is 2. The number of anilines is 1. The third kappa shape index (κ3) is 2.77. The quantitative estimate of drug-likeness (QED) is 0.853. The molecule has 1 aromatic carbocycles. The molecule has 0 aliphatic rings. The van der Waals surface area contributed by atoms with Crippen LogP contribution >= 0.6 is 0 Å². The Hall–Kier alpha value is -1.55. The minimum Gasteiger partial charge on any atom is -0.389 e. The molecule has 2 rings (SSSR count). The highest BCUT2D eigenvalue weighted by molar-refractivity contribution is 5.79. The van der Waals surface area contributed by atoms with Crippen LogP contribution in [0.25, 0.3) is 11.0 Å². The number of aromatic nitrogens is 2. The molecule has 2 N–H and O–H groups in total. The van der Waals surface area contributed by atoms with Gasteiger partial charge in [0.05, 0.1) is 16.6 Å². The Balaban J connectivity index is 2.29. The number of rotatable bonds is 3.